The number of carbonyl (C=O) groups excluding carboxylic acids is 4. The zero-order chi connectivity index (χ0) is 32.9. The predicted molar refractivity (Wildman–Crippen MR) is 175 cm³/mol. The Bertz CT molecular complexity index is 1950. The lowest BCUT2D eigenvalue weighted by Crippen LogP contribution is -2.30. The Kier molecular flexibility index (Phi) is 8.47. The molecule has 1 saturated carbocycles. The van der Waals surface area contributed by atoms with Crippen LogP contribution >= 0.6 is 27.5 Å². The lowest BCUT2D eigenvalue weighted by atomic mass is 9.76. The van der Waals surface area contributed by atoms with Crippen LogP contribution < -0.4 is 4.90 Å². The van der Waals surface area contributed by atoms with Crippen molar-refractivity contribution < 1.29 is 28.8 Å². The summed E-state index contributed by atoms with van der Waals surface area (Å²) in [6, 6.07) is 15.1. The molecular weight excluding hydrogens is 678 g/mol. The molecule has 2 aliphatic rings. The number of pyridine rings is 1. The minimum Gasteiger partial charge on any atom is -0.454 e. The molecule has 0 radical (unpaired) electrons. The van der Waals surface area contributed by atoms with Gasteiger partial charge in [-0.25, -0.2) is 9.78 Å². The highest BCUT2D eigenvalue weighted by atomic mass is 79.9. The van der Waals surface area contributed by atoms with E-state index in [0.717, 1.165) is 6.42 Å². The second-order valence-corrected chi connectivity index (χ2v) is 13.0. The molecule has 1 saturated heterocycles. The van der Waals surface area contributed by atoms with Gasteiger partial charge in [0.1, 0.15) is 0 Å². The number of carbonyl (C=O) groups is 4. The SMILES string of the molecule is Cc1c(Cl)c(Br)cc2c(C(=O)OCC(=O)c3ccc([N+](=O)[O-])cc3)cc(-c3ccc(N4C(=O)C5CCC(C)CC5C4=O)cc3)nc12. The molecule has 0 N–H and O–H groups in total. The second-order valence-electron chi connectivity index (χ2n) is 11.7. The van der Waals surface area contributed by atoms with Gasteiger partial charge in [-0.05, 0) is 90.0 Å². The van der Waals surface area contributed by atoms with Crippen LogP contribution in [0.25, 0.3) is 22.2 Å². The van der Waals surface area contributed by atoms with Crippen molar-refractivity contribution in [2.75, 3.05) is 11.5 Å². The number of halogens is 2. The number of anilines is 1. The van der Waals surface area contributed by atoms with Crippen LogP contribution in [0.1, 0.15) is 52.5 Å². The molecule has 4 aromatic rings. The number of nitro groups is 1. The number of imide groups is 1. The normalized spacial score (nSPS) is 19.3. The van der Waals surface area contributed by atoms with Gasteiger partial charge in [-0.2, -0.15) is 0 Å². The number of ether oxygens (including phenoxy) is 1. The van der Waals surface area contributed by atoms with Gasteiger partial charge in [0.15, 0.2) is 12.4 Å². The highest BCUT2D eigenvalue weighted by molar-refractivity contribution is 9.10. The largest absolute Gasteiger partial charge is 0.454 e. The quantitative estimate of drug-likeness (QED) is 0.0634. The number of hydrogen-bond donors (Lipinski definition) is 0. The lowest BCUT2D eigenvalue weighted by molar-refractivity contribution is -0.384. The number of aryl methyl sites for hydroxylation is 1. The summed E-state index contributed by atoms with van der Waals surface area (Å²) in [4.78, 5) is 69.0. The van der Waals surface area contributed by atoms with Gasteiger partial charge in [0, 0.05) is 33.1 Å². The molecule has 46 heavy (non-hydrogen) atoms. The third kappa shape index (κ3) is 5.69. The number of non-ortho nitro benzene ring substituents is 1. The second kappa shape index (κ2) is 12.4. The van der Waals surface area contributed by atoms with Crippen molar-refractivity contribution in [3.05, 3.63) is 97.0 Å². The maximum absolute atomic E-state index is 13.5. The minimum atomic E-state index is -0.778. The van der Waals surface area contributed by atoms with Crippen molar-refractivity contribution in [3.8, 4) is 11.3 Å². The summed E-state index contributed by atoms with van der Waals surface area (Å²) in [5, 5.41) is 11.8. The molecule has 1 aromatic heterocycles. The molecule has 3 atom stereocenters. The maximum Gasteiger partial charge on any atom is 0.339 e. The van der Waals surface area contributed by atoms with Crippen LogP contribution in [-0.4, -0.2) is 40.1 Å². The van der Waals surface area contributed by atoms with Crippen LogP contribution in [0.4, 0.5) is 11.4 Å². The van der Waals surface area contributed by atoms with E-state index in [9.17, 15) is 29.3 Å². The average Bonchev–Trinajstić information content (AvgIpc) is 3.30. The number of fused-ring (bicyclic) bond motifs is 2. The fourth-order valence-corrected chi connectivity index (χ4v) is 6.93. The number of benzene rings is 3. The topological polar surface area (TPSA) is 137 Å². The van der Waals surface area contributed by atoms with Crippen LogP contribution in [0.3, 0.4) is 0 Å². The molecule has 2 fully saturated rings. The number of nitro benzene ring substituents is 1. The molecular formula is C34H27BrClN3O7. The molecule has 2 amide bonds. The van der Waals surface area contributed by atoms with E-state index in [4.69, 9.17) is 21.3 Å². The molecule has 2 heterocycles. The summed E-state index contributed by atoms with van der Waals surface area (Å²) in [5.41, 5.74) is 2.72. The molecule has 0 spiro atoms. The Labute approximate surface area is 277 Å². The van der Waals surface area contributed by atoms with Gasteiger partial charge >= 0.3 is 5.97 Å². The Hall–Kier alpha value is -4.48. The van der Waals surface area contributed by atoms with Crippen LogP contribution in [-0.2, 0) is 14.3 Å². The fourth-order valence-electron chi connectivity index (χ4n) is 6.26. The molecule has 234 valence electrons. The first-order valence-electron chi connectivity index (χ1n) is 14.7. The molecule has 3 unspecified atom stereocenters. The zero-order valence-corrected chi connectivity index (χ0v) is 27.1. The lowest BCUT2D eigenvalue weighted by Gasteiger charge is -2.25. The number of rotatable bonds is 7. The van der Waals surface area contributed by atoms with Gasteiger partial charge < -0.3 is 4.74 Å². The number of esters is 1. The van der Waals surface area contributed by atoms with E-state index in [1.165, 1.54) is 29.2 Å². The van der Waals surface area contributed by atoms with E-state index < -0.39 is 23.3 Å². The molecule has 12 heteroatoms. The van der Waals surface area contributed by atoms with E-state index in [1.807, 2.05) is 0 Å². The zero-order valence-electron chi connectivity index (χ0n) is 24.8. The van der Waals surface area contributed by atoms with Gasteiger partial charge in [0.25, 0.3) is 5.69 Å². The maximum atomic E-state index is 13.5. The van der Waals surface area contributed by atoms with E-state index in [1.54, 1.807) is 43.3 Å². The van der Waals surface area contributed by atoms with Gasteiger partial charge in [-0.1, -0.05) is 30.7 Å². The first kappa shape index (κ1) is 31.5. The van der Waals surface area contributed by atoms with E-state index in [2.05, 4.69) is 22.9 Å². The highest BCUT2D eigenvalue weighted by Crippen LogP contribution is 2.42. The fraction of sp³-hybridized carbons (Fsp3) is 0.265. The van der Waals surface area contributed by atoms with Crippen molar-refractivity contribution >= 4 is 73.4 Å². The highest BCUT2D eigenvalue weighted by Gasteiger charge is 2.49. The molecule has 6 rings (SSSR count). The summed E-state index contributed by atoms with van der Waals surface area (Å²) in [5.74, 6) is -1.80. The Balaban J connectivity index is 1.30. The number of aromatic nitrogens is 1. The van der Waals surface area contributed by atoms with E-state index >= 15 is 0 Å². The summed E-state index contributed by atoms with van der Waals surface area (Å²) >= 11 is 9.94. The van der Waals surface area contributed by atoms with Gasteiger partial charge in [-0.3, -0.25) is 29.4 Å². The van der Waals surface area contributed by atoms with E-state index in [0.29, 0.717) is 61.7 Å². The molecule has 10 nitrogen and oxygen atoms in total. The van der Waals surface area contributed by atoms with Crippen molar-refractivity contribution in [3.63, 3.8) is 0 Å². The van der Waals surface area contributed by atoms with Crippen molar-refractivity contribution in [1.29, 1.82) is 0 Å². The molecule has 1 aliphatic heterocycles. The third-order valence-electron chi connectivity index (χ3n) is 8.79. The van der Waals surface area contributed by atoms with Crippen LogP contribution in [0.2, 0.25) is 5.02 Å². The summed E-state index contributed by atoms with van der Waals surface area (Å²) in [6.45, 7) is 3.29. The van der Waals surface area contributed by atoms with Gasteiger partial charge in [0.2, 0.25) is 11.8 Å². The number of amides is 2. The Morgan fingerprint density at radius 2 is 1.72 bits per heavy atom. The number of nitrogens with zero attached hydrogens (tertiary/aromatic N) is 3. The molecule has 0 bridgehead atoms. The van der Waals surface area contributed by atoms with Crippen LogP contribution in [0.15, 0.2) is 65.1 Å². The smallest absolute Gasteiger partial charge is 0.339 e. The van der Waals surface area contributed by atoms with Crippen LogP contribution in [0.5, 0.6) is 0 Å². The third-order valence-corrected chi connectivity index (χ3v) is 10.1. The van der Waals surface area contributed by atoms with Gasteiger partial charge in [-0.15, -0.1) is 0 Å². The molecule has 3 aromatic carbocycles. The monoisotopic (exact) mass is 703 g/mol. The minimum absolute atomic E-state index is 0.143. The number of Topliss-reactive ketones (excluding diaryl/α,β-unsaturated/α-hetero) is 1. The summed E-state index contributed by atoms with van der Waals surface area (Å²) in [7, 11) is 0. The van der Waals surface area contributed by atoms with Crippen molar-refractivity contribution in [2.24, 2.45) is 17.8 Å². The number of ketones is 1. The van der Waals surface area contributed by atoms with Crippen LogP contribution in [0, 0.1) is 34.8 Å². The molecule has 1 aliphatic carbocycles. The number of hydrogen-bond acceptors (Lipinski definition) is 8. The average molecular weight is 705 g/mol. The summed E-state index contributed by atoms with van der Waals surface area (Å²) < 4.78 is 5.96. The van der Waals surface area contributed by atoms with Crippen molar-refractivity contribution in [2.45, 2.75) is 33.1 Å². The first-order chi connectivity index (χ1) is 21.9. The standard InChI is InChI=1S/C34H27BrClN3O7/c1-17-3-12-23-25(13-17)33(42)38(32(23)41)21-8-4-19(5-9-21)28-15-26(24-14-27(35)30(36)18(2)31(24)37-28)34(43)46-16-29(40)20-6-10-22(11-7-20)39(44)45/h4-11,14-15,17,23,25H,3,12-13,16H2,1-2H3. The Morgan fingerprint density at radius 3 is 2.39 bits per heavy atom. The first-order valence-corrected chi connectivity index (χ1v) is 15.8. The Morgan fingerprint density at radius 1 is 1.04 bits per heavy atom. The van der Waals surface area contributed by atoms with Gasteiger partial charge in [0.05, 0.1) is 44.2 Å². The predicted octanol–water partition coefficient (Wildman–Crippen LogP) is 7.50. The summed E-state index contributed by atoms with van der Waals surface area (Å²) in [6.07, 6.45) is 2.35. The van der Waals surface area contributed by atoms with Crippen molar-refractivity contribution in [1.82, 2.24) is 4.98 Å². The van der Waals surface area contributed by atoms with E-state index in [-0.39, 0.29) is 40.5 Å².